The number of anilines is 1. The van der Waals surface area contributed by atoms with Gasteiger partial charge in [-0.1, -0.05) is 74.1 Å². The van der Waals surface area contributed by atoms with Crippen LogP contribution < -0.4 is 5.32 Å². The molecule has 0 fully saturated rings. The van der Waals surface area contributed by atoms with E-state index in [4.69, 9.17) is 4.42 Å². The Labute approximate surface area is 198 Å². The number of amides is 1. The largest absolute Gasteiger partial charge is 0.469 e. The number of hydrogen-bond donors (Lipinski definition) is 1. The maximum atomic E-state index is 12.9. The molecule has 0 unspecified atom stereocenters. The number of para-hydroxylation sites is 1. The molecule has 1 amide bonds. The molecule has 2 aromatic carbocycles. The lowest BCUT2D eigenvalue weighted by Crippen LogP contribution is -2.17. The van der Waals surface area contributed by atoms with Crippen LogP contribution in [0.3, 0.4) is 0 Å². The number of carbonyl (C=O) groups is 1. The smallest absolute Gasteiger partial charge is 0.234 e. The van der Waals surface area contributed by atoms with Crippen LogP contribution in [-0.4, -0.2) is 26.4 Å². The van der Waals surface area contributed by atoms with Crippen molar-refractivity contribution in [1.82, 2.24) is 14.8 Å². The second-order valence-corrected chi connectivity index (χ2v) is 8.71. The lowest BCUT2D eigenvalue weighted by molar-refractivity contribution is -0.113. The first-order chi connectivity index (χ1) is 16.1. The van der Waals surface area contributed by atoms with Gasteiger partial charge >= 0.3 is 0 Å². The summed E-state index contributed by atoms with van der Waals surface area (Å²) in [5.74, 6) is 1.72. The van der Waals surface area contributed by atoms with Gasteiger partial charge in [-0.2, -0.15) is 0 Å². The van der Waals surface area contributed by atoms with Crippen LogP contribution >= 0.6 is 11.8 Å². The molecule has 0 radical (unpaired) electrons. The van der Waals surface area contributed by atoms with Gasteiger partial charge in [-0.3, -0.25) is 9.36 Å². The Morgan fingerprint density at radius 3 is 2.36 bits per heavy atom. The van der Waals surface area contributed by atoms with Gasteiger partial charge in [0.1, 0.15) is 5.76 Å². The summed E-state index contributed by atoms with van der Waals surface area (Å²) >= 11 is 1.39. The van der Waals surface area contributed by atoms with E-state index in [-0.39, 0.29) is 11.7 Å². The summed E-state index contributed by atoms with van der Waals surface area (Å²) in [6.45, 7) is 6.72. The number of benzene rings is 2. The highest BCUT2D eigenvalue weighted by molar-refractivity contribution is 7.99. The summed E-state index contributed by atoms with van der Waals surface area (Å²) in [6, 6.07) is 18.2. The normalized spacial score (nSPS) is 11.0. The Morgan fingerprint density at radius 2 is 1.73 bits per heavy atom. The van der Waals surface area contributed by atoms with Crippen molar-refractivity contribution in [2.45, 2.75) is 45.3 Å². The van der Waals surface area contributed by atoms with Crippen molar-refractivity contribution in [3.05, 3.63) is 83.3 Å². The maximum absolute atomic E-state index is 12.9. The predicted molar refractivity (Wildman–Crippen MR) is 133 cm³/mol. The summed E-state index contributed by atoms with van der Waals surface area (Å²) < 4.78 is 7.53. The first kappa shape index (κ1) is 22.9. The number of carbonyl (C=O) groups excluding carboxylic acids is 1. The molecule has 170 valence electrons. The number of aryl methyl sites for hydroxylation is 3. The second-order valence-electron chi connectivity index (χ2n) is 7.76. The molecule has 0 saturated carbocycles. The zero-order chi connectivity index (χ0) is 23.2. The number of aromatic nitrogens is 3. The molecule has 0 aliphatic carbocycles. The lowest BCUT2D eigenvalue weighted by atomic mass is 10.0. The van der Waals surface area contributed by atoms with Gasteiger partial charge in [-0.05, 0) is 42.5 Å². The van der Waals surface area contributed by atoms with Crippen molar-refractivity contribution in [1.29, 1.82) is 0 Å². The Bertz CT molecular complexity index is 1210. The average Bonchev–Trinajstić information content (AvgIpc) is 3.43. The Hall–Kier alpha value is -3.32. The molecule has 2 heterocycles. The third-order valence-electron chi connectivity index (χ3n) is 5.60. The number of hydrogen-bond acceptors (Lipinski definition) is 5. The van der Waals surface area contributed by atoms with Crippen molar-refractivity contribution >= 4 is 23.4 Å². The second kappa shape index (κ2) is 10.5. The highest BCUT2D eigenvalue weighted by atomic mass is 32.2. The number of nitrogens with zero attached hydrogens (tertiary/aromatic N) is 3. The molecule has 1 N–H and O–H groups in total. The first-order valence-corrected chi connectivity index (χ1v) is 12.1. The van der Waals surface area contributed by atoms with Gasteiger partial charge in [0.25, 0.3) is 0 Å². The minimum atomic E-state index is -0.0501. The van der Waals surface area contributed by atoms with E-state index in [0.717, 1.165) is 52.4 Å². The Balaban J connectivity index is 1.55. The third kappa shape index (κ3) is 5.20. The van der Waals surface area contributed by atoms with Crippen LogP contribution in [0.4, 0.5) is 5.69 Å². The van der Waals surface area contributed by atoms with Crippen molar-refractivity contribution in [2.75, 3.05) is 11.1 Å². The molecule has 6 nitrogen and oxygen atoms in total. The highest BCUT2D eigenvalue weighted by Crippen LogP contribution is 2.28. The topological polar surface area (TPSA) is 73.0 Å². The first-order valence-electron chi connectivity index (χ1n) is 11.2. The van der Waals surface area contributed by atoms with Crippen molar-refractivity contribution in [2.24, 2.45) is 0 Å². The number of nitrogens with one attached hydrogen (secondary N) is 1. The zero-order valence-electron chi connectivity index (χ0n) is 19.2. The fourth-order valence-electron chi connectivity index (χ4n) is 3.83. The molecule has 4 rings (SSSR count). The van der Waals surface area contributed by atoms with Gasteiger partial charge in [0.15, 0.2) is 11.0 Å². The molecule has 0 spiro atoms. The lowest BCUT2D eigenvalue weighted by Gasteiger charge is -2.14. The molecular weight excluding hydrogens is 432 g/mol. The summed E-state index contributed by atoms with van der Waals surface area (Å²) in [7, 11) is 0. The van der Waals surface area contributed by atoms with E-state index < -0.39 is 0 Å². The predicted octanol–water partition coefficient (Wildman–Crippen LogP) is 5.75. The van der Waals surface area contributed by atoms with Crippen LogP contribution in [0.1, 0.15) is 36.3 Å². The number of rotatable bonds is 9. The summed E-state index contributed by atoms with van der Waals surface area (Å²) in [6.07, 6.45) is 3.40. The third-order valence-corrected chi connectivity index (χ3v) is 6.56. The van der Waals surface area contributed by atoms with Gasteiger partial charge < -0.3 is 9.73 Å². The molecule has 4 aromatic rings. The molecule has 2 aromatic heterocycles. The highest BCUT2D eigenvalue weighted by Gasteiger charge is 2.19. The molecule has 0 bridgehead atoms. The minimum absolute atomic E-state index is 0.0501. The molecule has 0 saturated heterocycles. The van der Waals surface area contributed by atoms with Crippen LogP contribution in [0.2, 0.25) is 0 Å². The van der Waals surface area contributed by atoms with E-state index in [2.05, 4.69) is 53.6 Å². The van der Waals surface area contributed by atoms with Crippen LogP contribution in [0.15, 0.2) is 70.4 Å². The summed E-state index contributed by atoms with van der Waals surface area (Å²) in [5.41, 5.74) is 5.28. The molecular formula is C26H28N4O2S. The van der Waals surface area contributed by atoms with Crippen molar-refractivity contribution in [3.63, 3.8) is 0 Å². The van der Waals surface area contributed by atoms with Crippen LogP contribution in [0.5, 0.6) is 0 Å². The molecule has 7 heteroatoms. The van der Waals surface area contributed by atoms with E-state index in [1.165, 1.54) is 11.8 Å². The molecule has 33 heavy (non-hydrogen) atoms. The fraction of sp³-hybridized carbons (Fsp3) is 0.269. The summed E-state index contributed by atoms with van der Waals surface area (Å²) in [5, 5.41) is 12.7. The van der Waals surface area contributed by atoms with E-state index in [1.54, 1.807) is 6.26 Å². The van der Waals surface area contributed by atoms with Gasteiger partial charge in [0.2, 0.25) is 5.91 Å². The van der Waals surface area contributed by atoms with E-state index >= 15 is 0 Å². The van der Waals surface area contributed by atoms with Gasteiger partial charge in [-0.15, -0.1) is 10.2 Å². The number of furan rings is 1. The van der Waals surface area contributed by atoms with Gasteiger partial charge in [0, 0.05) is 5.69 Å². The van der Waals surface area contributed by atoms with E-state index in [1.807, 2.05) is 41.8 Å². The standard InChI is InChI=1S/C26H28N4O2S/c1-4-20-12-9-13-21(5-2)24(20)27-23(31)17-33-26-29-28-25(22-14-15-32-18(22)3)30(26)16-19-10-7-6-8-11-19/h6-15H,4-5,16-17H2,1-3H3,(H,27,31). The van der Waals surface area contributed by atoms with Crippen molar-refractivity contribution < 1.29 is 9.21 Å². The Morgan fingerprint density at radius 1 is 1.00 bits per heavy atom. The van der Waals surface area contributed by atoms with Gasteiger partial charge in [0.05, 0.1) is 24.1 Å². The van der Waals surface area contributed by atoms with E-state index in [9.17, 15) is 4.79 Å². The Kier molecular flexibility index (Phi) is 7.29. The molecule has 0 atom stereocenters. The van der Waals surface area contributed by atoms with Crippen LogP contribution in [0.25, 0.3) is 11.4 Å². The molecule has 0 aliphatic rings. The SMILES string of the molecule is CCc1cccc(CC)c1NC(=O)CSc1nnc(-c2ccoc2C)n1Cc1ccccc1. The van der Waals surface area contributed by atoms with Crippen LogP contribution in [-0.2, 0) is 24.2 Å². The number of thioether (sulfide) groups is 1. The summed E-state index contributed by atoms with van der Waals surface area (Å²) in [4.78, 5) is 12.9. The quantitative estimate of drug-likeness (QED) is 0.322. The maximum Gasteiger partial charge on any atom is 0.234 e. The van der Waals surface area contributed by atoms with Gasteiger partial charge in [-0.25, -0.2) is 0 Å². The molecule has 0 aliphatic heterocycles. The fourth-order valence-corrected chi connectivity index (χ4v) is 4.57. The monoisotopic (exact) mass is 460 g/mol. The minimum Gasteiger partial charge on any atom is -0.469 e. The average molecular weight is 461 g/mol. The zero-order valence-corrected chi connectivity index (χ0v) is 20.0. The van der Waals surface area contributed by atoms with Crippen molar-refractivity contribution in [3.8, 4) is 11.4 Å². The van der Waals surface area contributed by atoms with E-state index in [0.29, 0.717) is 11.7 Å². The van der Waals surface area contributed by atoms with Crippen LogP contribution in [0, 0.1) is 6.92 Å².